The normalized spacial score (nSPS) is 18.0. The first kappa shape index (κ1) is 21.2. The minimum absolute atomic E-state index is 0. The van der Waals surface area contributed by atoms with Crippen molar-refractivity contribution in [2.45, 2.75) is 32.7 Å². The van der Waals surface area contributed by atoms with Gasteiger partial charge < -0.3 is 14.7 Å². The lowest BCUT2D eigenvalue weighted by Crippen LogP contribution is -2.50. The molecule has 1 aliphatic carbocycles. The van der Waals surface area contributed by atoms with E-state index in [1.165, 1.54) is 12.8 Å². The van der Waals surface area contributed by atoms with Crippen molar-refractivity contribution in [2.24, 2.45) is 5.92 Å². The number of carbonyl (C=O) groups excluding carboxylic acids is 1. The minimum Gasteiger partial charge on any atom is -0.339 e. The third-order valence-corrected chi connectivity index (χ3v) is 4.31. The smallest absolute Gasteiger partial charge is 0.236 e. The summed E-state index contributed by atoms with van der Waals surface area (Å²) in [6, 6.07) is 0. The van der Waals surface area contributed by atoms with E-state index in [-0.39, 0.29) is 30.7 Å². The average Bonchev–Trinajstić information content (AvgIpc) is 3.25. The van der Waals surface area contributed by atoms with Crippen molar-refractivity contribution in [3.8, 4) is 0 Å². The second-order valence-corrected chi connectivity index (χ2v) is 6.19. The summed E-state index contributed by atoms with van der Waals surface area (Å²) < 4.78 is 5.12. The molecule has 1 aromatic heterocycles. The molecule has 0 radical (unpaired) electrons. The Morgan fingerprint density at radius 2 is 1.96 bits per heavy atom. The van der Waals surface area contributed by atoms with Crippen LogP contribution >= 0.6 is 24.8 Å². The summed E-state index contributed by atoms with van der Waals surface area (Å²) in [7, 11) is 0. The summed E-state index contributed by atoms with van der Waals surface area (Å²) in [5.41, 5.74) is 0. The lowest BCUT2D eigenvalue weighted by atomic mass is 10.3. The quantitative estimate of drug-likeness (QED) is 0.764. The van der Waals surface area contributed by atoms with E-state index in [2.05, 4.69) is 20.4 Å². The van der Waals surface area contributed by atoms with Crippen molar-refractivity contribution in [1.29, 1.82) is 0 Å². The van der Waals surface area contributed by atoms with E-state index < -0.39 is 0 Å². The predicted molar refractivity (Wildman–Crippen MR) is 95.6 cm³/mol. The van der Waals surface area contributed by atoms with Crippen LogP contribution in [0.5, 0.6) is 0 Å². The number of nitrogens with one attached hydrogen (secondary N) is 1. The molecular formula is C15H27Cl2N5O2. The third kappa shape index (κ3) is 6.20. The number of hydrogen-bond acceptors (Lipinski definition) is 6. The molecule has 1 saturated carbocycles. The molecular weight excluding hydrogens is 353 g/mol. The van der Waals surface area contributed by atoms with Gasteiger partial charge in [0.25, 0.3) is 0 Å². The number of piperazine rings is 1. The van der Waals surface area contributed by atoms with E-state index >= 15 is 0 Å². The van der Waals surface area contributed by atoms with E-state index in [9.17, 15) is 4.79 Å². The molecule has 9 heteroatoms. The number of nitrogens with zero attached hydrogens (tertiary/aromatic N) is 4. The molecule has 2 fully saturated rings. The fourth-order valence-electron chi connectivity index (χ4n) is 2.67. The molecule has 0 spiro atoms. The summed E-state index contributed by atoms with van der Waals surface area (Å²) >= 11 is 0. The largest absolute Gasteiger partial charge is 0.339 e. The van der Waals surface area contributed by atoms with Crippen LogP contribution in [-0.2, 0) is 17.8 Å². The molecule has 1 saturated heterocycles. The molecule has 1 aliphatic heterocycles. The lowest BCUT2D eigenvalue weighted by Gasteiger charge is -2.34. The Kier molecular flexibility index (Phi) is 8.97. The predicted octanol–water partition coefficient (Wildman–Crippen LogP) is 1.12. The molecule has 138 valence electrons. The topological polar surface area (TPSA) is 74.5 Å². The molecule has 0 aromatic carbocycles. The van der Waals surface area contributed by atoms with Gasteiger partial charge in [0.2, 0.25) is 11.8 Å². The molecule has 24 heavy (non-hydrogen) atoms. The Labute approximate surface area is 155 Å². The van der Waals surface area contributed by atoms with Gasteiger partial charge in [-0.15, -0.1) is 24.8 Å². The van der Waals surface area contributed by atoms with Gasteiger partial charge in [-0.2, -0.15) is 4.98 Å². The zero-order valence-electron chi connectivity index (χ0n) is 14.1. The van der Waals surface area contributed by atoms with Crippen molar-refractivity contribution in [3.05, 3.63) is 11.7 Å². The van der Waals surface area contributed by atoms with Crippen LogP contribution in [0.1, 0.15) is 31.5 Å². The Bertz CT molecular complexity index is 502. The highest BCUT2D eigenvalue weighted by Crippen LogP contribution is 2.27. The van der Waals surface area contributed by atoms with E-state index in [0.717, 1.165) is 50.9 Å². The van der Waals surface area contributed by atoms with Crippen molar-refractivity contribution in [1.82, 2.24) is 25.3 Å². The van der Waals surface area contributed by atoms with Gasteiger partial charge in [0.1, 0.15) is 0 Å². The standard InChI is InChI=1S/C15H25N5O2.2ClH/c1-2-14-17-13(18-22-14)11-19-5-7-20(8-6-19)15(21)10-16-9-12-3-4-12;;/h12,16H,2-11H2,1H3;2*1H. The van der Waals surface area contributed by atoms with Gasteiger partial charge >= 0.3 is 0 Å². The number of rotatable bonds is 7. The first-order chi connectivity index (χ1) is 10.7. The highest BCUT2D eigenvalue weighted by molar-refractivity contribution is 5.85. The molecule has 3 rings (SSSR count). The molecule has 1 amide bonds. The molecule has 0 bridgehead atoms. The minimum atomic E-state index is 0. The average molecular weight is 380 g/mol. The number of hydrogen-bond donors (Lipinski definition) is 1. The maximum atomic E-state index is 12.1. The molecule has 1 aromatic rings. The first-order valence-corrected chi connectivity index (χ1v) is 8.27. The van der Waals surface area contributed by atoms with Crippen LogP contribution in [0.4, 0.5) is 0 Å². The summed E-state index contributed by atoms with van der Waals surface area (Å²) in [5.74, 6) is 2.45. The summed E-state index contributed by atoms with van der Waals surface area (Å²) in [6.07, 6.45) is 3.40. The molecule has 0 unspecified atom stereocenters. The van der Waals surface area contributed by atoms with Crippen molar-refractivity contribution < 1.29 is 9.32 Å². The van der Waals surface area contributed by atoms with Gasteiger partial charge in [0.15, 0.2) is 5.82 Å². The number of aromatic nitrogens is 2. The Balaban J connectivity index is 0.00000144. The van der Waals surface area contributed by atoms with Gasteiger partial charge in [-0.25, -0.2) is 0 Å². The second-order valence-electron chi connectivity index (χ2n) is 6.19. The van der Waals surface area contributed by atoms with Crippen molar-refractivity contribution in [2.75, 3.05) is 39.3 Å². The Morgan fingerprint density at radius 1 is 1.25 bits per heavy atom. The molecule has 7 nitrogen and oxygen atoms in total. The van der Waals surface area contributed by atoms with Crippen molar-refractivity contribution >= 4 is 30.7 Å². The highest BCUT2D eigenvalue weighted by atomic mass is 35.5. The maximum Gasteiger partial charge on any atom is 0.236 e. The van der Waals surface area contributed by atoms with E-state index in [0.29, 0.717) is 19.0 Å². The van der Waals surface area contributed by atoms with Crippen LogP contribution in [0.3, 0.4) is 0 Å². The zero-order valence-corrected chi connectivity index (χ0v) is 15.7. The molecule has 1 N–H and O–H groups in total. The molecule has 0 atom stereocenters. The summed E-state index contributed by atoms with van der Waals surface area (Å²) in [4.78, 5) is 20.7. The van der Waals surface area contributed by atoms with Gasteiger partial charge in [0, 0.05) is 32.6 Å². The van der Waals surface area contributed by atoms with Crippen molar-refractivity contribution in [3.63, 3.8) is 0 Å². The van der Waals surface area contributed by atoms with Gasteiger partial charge in [-0.05, 0) is 25.3 Å². The van der Waals surface area contributed by atoms with Crippen LogP contribution in [-0.4, -0.2) is 65.1 Å². The molecule has 2 aliphatic rings. The Hall–Kier alpha value is -0.890. The van der Waals surface area contributed by atoms with Gasteiger partial charge in [0.05, 0.1) is 13.1 Å². The molecule has 2 heterocycles. The second kappa shape index (κ2) is 10.2. The zero-order chi connectivity index (χ0) is 15.4. The fourth-order valence-corrected chi connectivity index (χ4v) is 2.67. The Morgan fingerprint density at radius 3 is 2.54 bits per heavy atom. The lowest BCUT2D eigenvalue weighted by molar-refractivity contribution is -0.132. The van der Waals surface area contributed by atoms with Gasteiger partial charge in [-0.3, -0.25) is 9.69 Å². The summed E-state index contributed by atoms with van der Waals surface area (Å²) in [5, 5.41) is 7.25. The van der Waals surface area contributed by atoms with Crippen LogP contribution in [0, 0.1) is 5.92 Å². The summed E-state index contributed by atoms with van der Waals surface area (Å²) in [6.45, 7) is 7.45. The number of amides is 1. The number of aryl methyl sites for hydroxylation is 1. The van der Waals surface area contributed by atoms with Gasteiger partial charge in [-0.1, -0.05) is 12.1 Å². The van der Waals surface area contributed by atoms with Crippen LogP contribution < -0.4 is 5.32 Å². The maximum absolute atomic E-state index is 12.1. The number of halogens is 2. The van der Waals surface area contributed by atoms with E-state index in [4.69, 9.17) is 4.52 Å². The van der Waals surface area contributed by atoms with Crippen LogP contribution in [0.2, 0.25) is 0 Å². The number of carbonyl (C=O) groups is 1. The SMILES string of the molecule is CCc1nc(CN2CCN(C(=O)CNCC3CC3)CC2)no1.Cl.Cl. The van der Waals surface area contributed by atoms with Crippen LogP contribution in [0.15, 0.2) is 4.52 Å². The van der Waals surface area contributed by atoms with E-state index in [1.54, 1.807) is 0 Å². The fraction of sp³-hybridized carbons (Fsp3) is 0.800. The third-order valence-electron chi connectivity index (χ3n) is 4.31. The van der Waals surface area contributed by atoms with Crippen LogP contribution in [0.25, 0.3) is 0 Å². The highest BCUT2D eigenvalue weighted by Gasteiger charge is 2.24. The first-order valence-electron chi connectivity index (χ1n) is 8.27. The monoisotopic (exact) mass is 379 g/mol. The van der Waals surface area contributed by atoms with E-state index in [1.807, 2.05) is 11.8 Å².